The second kappa shape index (κ2) is 8.81. The van der Waals surface area contributed by atoms with Gasteiger partial charge in [-0.15, -0.1) is 0 Å². The maximum absolute atomic E-state index is 12.9. The van der Waals surface area contributed by atoms with Gasteiger partial charge >= 0.3 is 0 Å². The molecule has 2 aromatic carbocycles. The summed E-state index contributed by atoms with van der Waals surface area (Å²) in [5.74, 6) is -0.879. The van der Waals surface area contributed by atoms with E-state index in [1.165, 1.54) is 9.80 Å². The minimum absolute atomic E-state index is 0.104. The van der Waals surface area contributed by atoms with Crippen LogP contribution in [0.1, 0.15) is 20.7 Å². The summed E-state index contributed by atoms with van der Waals surface area (Å²) in [5.41, 5.74) is -0.339. The third kappa shape index (κ3) is 4.97. The van der Waals surface area contributed by atoms with Gasteiger partial charge in [-0.3, -0.25) is 19.7 Å². The molecule has 0 saturated carbocycles. The highest BCUT2D eigenvalue weighted by molar-refractivity contribution is 7.90. The molecule has 0 N–H and O–H groups in total. The lowest BCUT2D eigenvalue weighted by Crippen LogP contribution is -2.50. The molecule has 9 nitrogen and oxygen atoms in total. The zero-order chi connectivity index (χ0) is 22.9. The van der Waals surface area contributed by atoms with E-state index in [-0.39, 0.29) is 58.2 Å². The van der Waals surface area contributed by atoms with Crippen molar-refractivity contribution < 1.29 is 22.9 Å². The van der Waals surface area contributed by atoms with Crippen molar-refractivity contribution in [3.63, 3.8) is 0 Å². The van der Waals surface area contributed by atoms with Gasteiger partial charge in [-0.2, -0.15) is 0 Å². The molecule has 1 aliphatic heterocycles. The number of rotatable bonds is 4. The van der Waals surface area contributed by atoms with Gasteiger partial charge in [-0.25, -0.2) is 8.42 Å². The number of halogens is 2. The third-order valence-corrected chi connectivity index (χ3v) is 6.72. The zero-order valence-electron chi connectivity index (χ0n) is 16.2. The van der Waals surface area contributed by atoms with Gasteiger partial charge in [-0.1, -0.05) is 29.3 Å². The third-order valence-electron chi connectivity index (χ3n) is 4.81. The number of non-ortho nitro benzene ring substituents is 1. The molecule has 0 bridgehead atoms. The lowest BCUT2D eigenvalue weighted by atomic mass is 10.1. The van der Waals surface area contributed by atoms with Crippen molar-refractivity contribution in [2.45, 2.75) is 4.90 Å². The first kappa shape index (κ1) is 23.0. The van der Waals surface area contributed by atoms with E-state index in [0.717, 1.165) is 24.5 Å². The first-order chi connectivity index (χ1) is 14.5. The maximum Gasteiger partial charge on any atom is 0.271 e. The molecule has 164 valence electrons. The Morgan fingerprint density at radius 1 is 1.00 bits per heavy atom. The van der Waals surface area contributed by atoms with Crippen molar-refractivity contribution in [3.05, 3.63) is 67.7 Å². The van der Waals surface area contributed by atoms with Crippen molar-refractivity contribution >= 4 is 50.5 Å². The summed E-state index contributed by atoms with van der Waals surface area (Å²) < 4.78 is 23.7. The molecule has 0 spiro atoms. The Morgan fingerprint density at radius 2 is 1.58 bits per heavy atom. The number of amides is 2. The number of benzene rings is 2. The topological polar surface area (TPSA) is 118 Å². The Hall–Kier alpha value is -2.69. The van der Waals surface area contributed by atoms with E-state index < -0.39 is 26.4 Å². The Kier molecular flexibility index (Phi) is 6.54. The molecule has 0 unspecified atom stereocenters. The van der Waals surface area contributed by atoms with E-state index in [2.05, 4.69) is 0 Å². The van der Waals surface area contributed by atoms with Crippen LogP contribution in [0.2, 0.25) is 10.0 Å². The van der Waals surface area contributed by atoms with Crippen molar-refractivity contribution in [2.24, 2.45) is 0 Å². The summed E-state index contributed by atoms with van der Waals surface area (Å²) in [4.78, 5) is 38.6. The normalized spacial score (nSPS) is 14.4. The quantitative estimate of drug-likeness (QED) is 0.485. The fourth-order valence-corrected chi connectivity index (χ4v) is 4.22. The smallest absolute Gasteiger partial charge is 0.271 e. The number of nitro benzene ring substituents is 1. The Labute approximate surface area is 188 Å². The number of piperazine rings is 1. The number of sulfone groups is 1. The second-order valence-electron chi connectivity index (χ2n) is 6.93. The number of carbonyl (C=O) groups is 2. The van der Waals surface area contributed by atoms with Crippen LogP contribution < -0.4 is 0 Å². The van der Waals surface area contributed by atoms with Crippen molar-refractivity contribution in [3.8, 4) is 0 Å². The van der Waals surface area contributed by atoms with Gasteiger partial charge in [-0.05, 0) is 18.2 Å². The number of carbonyl (C=O) groups excluding carboxylic acids is 2. The largest absolute Gasteiger partial charge is 0.335 e. The van der Waals surface area contributed by atoms with Crippen LogP contribution in [0.4, 0.5) is 5.69 Å². The van der Waals surface area contributed by atoms with Gasteiger partial charge in [0, 0.05) is 50.1 Å². The summed E-state index contributed by atoms with van der Waals surface area (Å²) in [5, 5.41) is 11.6. The van der Waals surface area contributed by atoms with Gasteiger partial charge in [0.25, 0.3) is 17.5 Å². The minimum atomic E-state index is -3.76. The van der Waals surface area contributed by atoms with E-state index in [4.69, 9.17) is 23.2 Å². The van der Waals surface area contributed by atoms with E-state index in [1.807, 2.05) is 0 Å². The summed E-state index contributed by atoms with van der Waals surface area (Å²) in [6, 6.07) is 7.82. The zero-order valence-corrected chi connectivity index (χ0v) is 18.6. The molecule has 0 aromatic heterocycles. The Bertz CT molecular complexity index is 1180. The average Bonchev–Trinajstić information content (AvgIpc) is 2.74. The standard InChI is InChI=1S/C19H17Cl2N3O6S/c1-31(29,30)14-10-12(9-13(11-14)24(27)28)18(25)22-5-7-23(8-6-22)19(26)15-3-2-4-16(20)17(15)21/h2-4,9-11H,5-8H2,1H3. The molecule has 1 heterocycles. The van der Waals surface area contributed by atoms with Gasteiger partial charge in [0.15, 0.2) is 9.84 Å². The van der Waals surface area contributed by atoms with Crippen LogP contribution in [0.3, 0.4) is 0 Å². The summed E-state index contributed by atoms with van der Waals surface area (Å²) in [7, 11) is -3.76. The molecular weight excluding hydrogens is 469 g/mol. The van der Waals surface area contributed by atoms with Crippen LogP contribution in [0.5, 0.6) is 0 Å². The number of nitrogens with zero attached hydrogens (tertiary/aromatic N) is 3. The highest BCUT2D eigenvalue weighted by Crippen LogP contribution is 2.27. The van der Waals surface area contributed by atoms with E-state index in [0.29, 0.717) is 0 Å². The molecule has 12 heteroatoms. The fraction of sp³-hybridized carbons (Fsp3) is 0.263. The summed E-state index contributed by atoms with van der Waals surface area (Å²) in [6.45, 7) is 0.752. The number of hydrogen-bond acceptors (Lipinski definition) is 6. The maximum atomic E-state index is 12.9. The van der Waals surface area contributed by atoms with Gasteiger partial charge in [0.05, 0.1) is 25.4 Å². The predicted molar refractivity (Wildman–Crippen MR) is 114 cm³/mol. The molecule has 1 fully saturated rings. The van der Waals surface area contributed by atoms with E-state index in [1.54, 1.807) is 18.2 Å². The lowest BCUT2D eigenvalue weighted by molar-refractivity contribution is -0.385. The molecule has 2 amide bonds. The molecule has 31 heavy (non-hydrogen) atoms. The second-order valence-corrected chi connectivity index (χ2v) is 9.73. The van der Waals surface area contributed by atoms with Crippen LogP contribution in [0.25, 0.3) is 0 Å². The van der Waals surface area contributed by atoms with Crippen LogP contribution in [0, 0.1) is 10.1 Å². The average molecular weight is 486 g/mol. The predicted octanol–water partition coefficient (Wildman–Crippen LogP) is 2.90. The first-order valence-corrected chi connectivity index (χ1v) is 11.7. The summed E-state index contributed by atoms with van der Waals surface area (Å²) in [6.07, 6.45) is 0.908. The van der Waals surface area contributed by atoms with E-state index in [9.17, 15) is 28.1 Å². The van der Waals surface area contributed by atoms with Crippen molar-refractivity contribution in [1.82, 2.24) is 9.80 Å². The number of nitro groups is 1. The van der Waals surface area contributed by atoms with E-state index >= 15 is 0 Å². The summed E-state index contributed by atoms with van der Waals surface area (Å²) >= 11 is 12.1. The highest BCUT2D eigenvalue weighted by atomic mass is 35.5. The molecule has 1 aliphatic rings. The molecule has 1 saturated heterocycles. The monoisotopic (exact) mass is 485 g/mol. The van der Waals surface area contributed by atoms with Crippen LogP contribution in [0.15, 0.2) is 41.3 Å². The molecular formula is C19H17Cl2N3O6S. The Morgan fingerprint density at radius 3 is 2.13 bits per heavy atom. The van der Waals surface area contributed by atoms with Crippen molar-refractivity contribution in [2.75, 3.05) is 32.4 Å². The fourth-order valence-electron chi connectivity index (χ4n) is 3.16. The number of hydrogen-bond donors (Lipinski definition) is 0. The Balaban J connectivity index is 1.77. The SMILES string of the molecule is CS(=O)(=O)c1cc(C(=O)N2CCN(C(=O)c3cccc(Cl)c3Cl)CC2)cc([N+](=O)[O-])c1. The lowest BCUT2D eigenvalue weighted by Gasteiger charge is -2.35. The molecule has 0 atom stereocenters. The van der Waals surface area contributed by atoms with Gasteiger partial charge < -0.3 is 9.80 Å². The minimum Gasteiger partial charge on any atom is -0.335 e. The van der Waals surface area contributed by atoms with Crippen LogP contribution in [-0.2, 0) is 9.84 Å². The molecule has 0 radical (unpaired) electrons. The molecule has 3 rings (SSSR count). The van der Waals surface area contributed by atoms with Crippen molar-refractivity contribution in [1.29, 1.82) is 0 Å². The molecule has 0 aliphatic carbocycles. The van der Waals surface area contributed by atoms with Gasteiger partial charge in [0.2, 0.25) is 0 Å². The van der Waals surface area contributed by atoms with Gasteiger partial charge in [0.1, 0.15) is 0 Å². The van der Waals surface area contributed by atoms with Crippen LogP contribution >= 0.6 is 23.2 Å². The molecule has 2 aromatic rings. The first-order valence-electron chi connectivity index (χ1n) is 9.01. The van der Waals surface area contributed by atoms with Crippen LogP contribution in [-0.4, -0.2) is 67.4 Å². The highest BCUT2D eigenvalue weighted by Gasteiger charge is 2.28.